The number of ether oxygens (including phenoxy) is 1. The van der Waals surface area contributed by atoms with Gasteiger partial charge in [0.1, 0.15) is 17.6 Å². The van der Waals surface area contributed by atoms with Gasteiger partial charge in [0.05, 0.1) is 30.4 Å². The molecule has 1 aliphatic heterocycles. The summed E-state index contributed by atoms with van der Waals surface area (Å²) in [5.74, 6) is 1.70. The Morgan fingerprint density at radius 1 is 1.40 bits per heavy atom. The summed E-state index contributed by atoms with van der Waals surface area (Å²) in [6.07, 6.45) is 0.443. The van der Waals surface area contributed by atoms with Crippen molar-refractivity contribution in [1.82, 2.24) is 10.1 Å². The van der Waals surface area contributed by atoms with Crippen molar-refractivity contribution in [1.29, 1.82) is 5.26 Å². The fourth-order valence-corrected chi connectivity index (χ4v) is 3.20. The van der Waals surface area contributed by atoms with Gasteiger partial charge in [-0.2, -0.15) is 5.26 Å². The lowest BCUT2D eigenvalue weighted by molar-refractivity contribution is -0.140. The van der Waals surface area contributed by atoms with Gasteiger partial charge in [-0.25, -0.2) is 0 Å². The molecule has 1 atom stereocenters. The maximum atomic E-state index is 12.4. The molecule has 25 heavy (non-hydrogen) atoms. The highest BCUT2D eigenvalue weighted by atomic mass is 16.5. The minimum atomic E-state index is 0.00579. The Morgan fingerprint density at radius 3 is 2.64 bits per heavy atom. The second-order valence-corrected chi connectivity index (χ2v) is 6.52. The largest absolute Gasteiger partial charge is 0.487 e. The Hall–Kier alpha value is -2.81. The van der Waals surface area contributed by atoms with Gasteiger partial charge in [-0.05, 0) is 44.0 Å². The molecule has 1 aliphatic rings. The average molecular weight is 339 g/mol. The van der Waals surface area contributed by atoms with Crippen molar-refractivity contribution in [3.8, 4) is 11.8 Å². The monoisotopic (exact) mass is 339 g/mol. The van der Waals surface area contributed by atoms with Gasteiger partial charge < -0.3 is 14.2 Å². The molecular formula is C19H21N3O3. The molecule has 1 fully saturated rings. The molecule has 1 amide bonds. The van der Waals surface area contributed by atoms with Crippen molar-refractivity contribution in [3.63, 3.8) is 0 Å². The van der Waals surface area contributed by atoms with Crippen LogP contribution in [0, 0.1) is 25.2 Å². The number of carbonyl (C=O) groups excluding carboxylic acids is 1. The summed E-state index contributed by atoms with van der Waals surface area (Å²) in [7, 11) is 0. The van der Waals surface area contributed by atoms with Gasteiger partial charge in [-0.1, -0.05) is 12.1 Å². The highest BCUT2D eigenvalue weighted by molar-refractivity contribution is 5.78. The number of nitriles is 1. The van der Waals surface area contributed by atoms with Crippen LogP contribution in [0.3, 0.4) is 0 Å². The van der Waals surface area contributed by atoms with Crippen LogP contribution >= 0.6 is 0 Å². The quantitative estimate of drug-likeness (QED) is 0.837. The number of hydrogen-bond acceptors (Lipinski definition) is 5. The van der Waals surface area contributed by atoms with E-state index in [4.69, 9.17) is 14.5 Å². The number of carbonyl (C=O) groups is 1. The van der Waals surface area contributed by atoms with E-state index in [2.05, 4.69) is 11.2 Å². The summed E-state index contributed by atoms with van der Waals surface area (Å²) in [5.41, 5.74) is 2.48. The Kier molecular flexibility index (Phi) is 4.75. The van der Waals surface area contributed by atoms with E-state index in [0.717, 1.165) is 22.8 Å². The average Bonchev–Trinajstić information content (AvgIpc) is 2.89. The number of hydrogen-bond donors (Lipinski definition) is 0. The van der Waals surface area contributed by atoms with Gasteiger partial charge in [0.2, 0.25) is 5.91 Å². The van der Waals surface area contributed by atoms with Gasteiger partial charge in [-0.15, -0.1) is 0 Å². The number of amides is 1. The Bertz CT molecular complexity index is 779. The van der Waals surface area contributed by atoms with Crippen LogP contribution in [0.15, 0.2) is 28.8 Å². The second kappa shape index (κ2) is 6.98. The molecule has 0 saturated carbocycles. The highest BCUT2D eigenvalue weighted by Crippen LogP contribution is 2.27. The third kappa shape index (κ3) is 3.66. The molecule has 1 saturated heterocycles. The molecule has 3 rings (SSSR count). The first-order valence-corrected chi connectivity index (χ1v) is 8.35. The van der Waals surface area contributed by atoms with Crippen molar-refractivity contribution < 1.29 is 14.1 Å². The standard InChI is InChI=1S/C19H21N3O3/c1-12(19-13(2)21-25-14(19)3)8-18(23)22-10-17(11-22)24-16-6-4-15(9-20)5-7-16/h4-7,12,17H,8,10-11H2,1-3H3. The summed E-state index contributed by atoms with van der Waals surface area (Å²) in [6, 6.07) is 9.08. The highest BCUT2D eigenvalue weighted by Gasteiger charge is 2.33. The summed E-state index contributed by atoms with van der Waals surface area (Å²) >= 11 is 0. The summed E-state index contributed by atoms with van der Waals surface area (Å²) in [5, 5.41) is 12.7. The molecule has 0 N–H and O–H groups in total. The molecule has 130 valence electrons. The molecule has 6 nitrogen and oxygen atoms in total. The topological polar surface area (TPSA) is 79.4 Å². The van der Waals surface area contributed by atoms with E-state index in [1.165, 1.54) is 0 Å². The van der Waals surface area contributed by atoms with Crippen molar-refractivity contribution in [2.75, 3.05) is 13.1 Å². The maximum absolute atomic E-state index is 12.4. The molecule has 1 unspecified atom stereocenters. The van der Waals surface area contributed by atoms with E-state index >= 15 is 0 Å². The van der Waals surface area contributed by atoms with E-state index in [9.17, 15) is 4.79 Å². The lowest BCUT2D eigenvalue weighted by atomic mass is 9.95. The van der Waals surface area contributed by atoms with E-state index in [1.807, 2.05) is 25.7 Å². The molecule has 0 bridgehead atoms. The molecule has 0 spiro atoms. The zero-order valence-corrected chi connectivity index (χ0v) is 14.7. The Morgan fingerprint density at radius 2 is 2.08 bits per heavy atom. The molecule has 1 aromatic heterocycles. The lowest BCUT2D eigenvalue weighted by Crippen LogP contribution is -2.56. The zero-order chi connectivity index (χ0) is 18.0. The molecule has 0 aliphatic carbocycles. The first-order valence-electron chi connectivity index (χ1n) is 8.35. The van der Waals surface area contributed by atoms with Crippen LogP contribution in [0.5, 0.6) is 5.75 Å². The molecule has 2 heterocycles. The van der Waals surface area contributed by atoms with E-state index in [0.29, 0.717) is 25.1 Å². The first kappa shape index (κ1) is 17.0. The van der Waals surface area contributed by atoms with Gasteiger partial charge in [-0.3, -0.25) is 4.79 Å². The van der Waals surface area contributed by atoms with Crippen LogP contribution in [-0.2, 0) is 4.79 Å². The van der Waals surface area contributed by atoms with E-state index < -0.39 is 0 Å². The van der Waals surface area contributed by atoms with Gasteiger partial charge >= 0.3 is 0 Å². The molecule has 1 aromatic carbocycles. The van der Waals surface area contributed by atoms with Crippen molar-refractivity contribution in [2.24, 2.45) is 0 Å². The molecule has 6 heteroatoms. The van der Waals surface area contributed by atoms with Crippen LogP contribution in [0.4, 0.5) is 0 Å². The number of nitrogens with zero attached hydrogens (tertiary/aromatic N) is 3. The Labute approximate surface area is 147 Å². The number of aryl methyl sites for hydroxylation is 2. The van der Waals surface area contributed by atoms with Crippen LogP contribution in [-0.4, -0.2) is 35.2 Å². The number of benzene rings is 1. The van der Waals surface area contributed by atoms with Crippen molar-refractivity contribution in [3.05, 3.63) is 46.8 Å². The van der Waals surface area contributed by atoms with Crippen LogP contribution in [0.25, 0.3) is 0 Å². The molecule has 0 radical (unpaired) electrons. The lowest BCUT2D eigenvalue weighted by Gasteiger charge is -2.39. The van der Waals surface area contributed by atoms with Crippen molar-refractivity contribution in [2.45, 2.75) is 39.2 Å². The van der Waals surface area contributed by atoms with E-state index in [-0.39, 0.29) is 17.9 Å². The van der Waals surface area contributed by atoms with Gasteiger partial charge in [0, 0.05) is 12.0 Å². The predicted octanol–water partition coefficient (Wildman–Crippen LogP) is 2.95. The third-order valence-electron chi connectivity index (χ3n) is 4.55. The first-order chi connectivity index (χ1) is 12.0. The summed E-state index contributed by atoms with van der Waals surface area (Å²) < 4.78 is 11.0. The number of likely N-dealkylation sites (tertiary alicyclic amines) is 1. The zero-order valence-electron chi connectivity index (χ0n) is 14.7. The van der Waals surface area contributed by atoms with Gasteiger partial charge in [0.25, 0.3) is 0 Å². The molecule has 2 aromatic rings. The van der Waals surface area contributed by atoms with Crippen molar-refractivity contribution >= 4 is 5.91 Å². The van der Waals surface area contributed by atoms with Crippen LogP contribution < -0.4 is 4.74 Å². The molecular weight excluding hydrogens is 318 g/mol. The van der Waals surface area contributed by atoms with Crippen LogP contribution in [0.2, 0.25) is 0 Å². The predicted molar refractivity (Wildman–Crippen MR) is 91.2 cm³/mol. The summed E-state index contributed by atoms with van der Waals surface area (Å²) in [4.78, 5) is 14.2. The fourth-order valence-electron chi connectivity index (χ4n) is 3.20. The maximum Gasteiger partial charge on any atom is 0.223 e. The number of rotatable bonds is 5. The minimum absolute atomic E-state index is 0.00579. The van der Waals surface area contributed by atoms with Crippen LogP contribution in [0.1, 0.15) is 41.8 Å². The SMILES string of the molecule is Cc1noc(C)c1C(C)CC(=O)N1CC(Oc2ccc(C#N)cc2)C1. The summed E-state index contributed by atoms with van der Waals surface area (Å²) in [6.45, 7) is 6.98. The smallest absolute Gasteiger partial charge is 0.223 e. The normalized spacial score (nSPS) is 15.4. The van der Waals surface area contributed by atoms with E-state index in [1.54, 1.807) is 24.3 Å². The number of aromatic nitrogens is 1. The fraction of sp³-hybridized carbons (Fsp3) is 0.421. The van der Waals surface area contributed by atoms with Gasteiger partial charge in [0.15, 0.2) is 0 Å². The Balaban J connectivity index is 1.49. The minimum Gasteiger partial charge on any atom is -0.487 e. The third-order valence-corrected chi connectivity index (χ3v) is 4.55. The second-order valence-electron chi connectivity index (χ2n) is 6.52.